The summed E-state index contributed by atoms with van der Waals surface area (Å²) < 4.78 is 6.01. The Morgan fingerprint density at radius 2 is 2.28 bits per heavy atom. The summed E-state index contributed by atoms with van der Waals surface area (Å²) in [6.45, 7) is 0.394. The molecule has 0 atom stereocenters. The first kappa shape index (κ1) is 13.4. The van der Waals surface area contributed by atoms with Gasteiger partial charge in [-0.2, -0.15) is 0 Å². The molecule has 2 rings (SSSR count). The number of methoxy groups -OCH3 is 1. The zero-order valence-electron chi connectivity index (χ0n) is 10.6. The number of hydrogen-bond donors (Lipinski definition) is 1. The number of nitrogens with one attached hydrogen (secondary N) is 1. The predicted octanol–water partition coefficient (Wildman–Crippen LogP) is 2.17. The van der Waals surface area contributed by atoms with E-state index in [9.17, 15) is 4.79 Å². The number of carbonyl (C=O) groups is 1. The molecule has 4 nitrogen and oxygen atoms in total. The van der Waals surface area contributed by atoms with E-state index in [1.807, 2.05) is 18.2 Å². The van der Waals surface area contributed by atoms with Gasteiger partial charge in [-0.1, -0.05) is 0 Å². The van der Waals surface area contributed by atoms with E-state index in [1.54, 1.807) is 19.1 Å². The Balaban J connectivity index is 2.00. The molecule has 1 aliphatic rings. The van der Waals surface area contributed by atoms with Crippen molar-refractivity contribution in [2.75, 3.05) is 25.6 Å². The number of benzene rings is 1. The predicted molar refractivity (Wildman–Crippen MR) is 75.1 cm³/mol. The van der Waals surface area contributed by atoms with Crippen molar-refractivity contribution in [2.24, 2.45) is 0 Å². The van der Waals surface area contributed by atoms with Crippen molar-refractivity contribution in [3.05, 3.63) is 22.7 Å². The molecule has 1 N–H and O–H groups in total. The molecule has 1 fully saturated rings. The number of hydrogen-bond acceptors (Lipinski definition) is 3. The second-order valence-corrected chi connectivity index (χ2v) is 5.28. The summed E-state index contributed by atoms with van der Waals surface area (Å²) in [7, 11) is 3.40. The highest BCUT2D eigenvalue weighted by atomic mass is 79.9. The van der Waals surface area contributed by atoms with Crippen molar-refractivity contribution in [3.63, 3.8) is 0 Å². The number of rotatable bonds is 5. The van der Waals surface area contributed by atoms with Crippen LogP contribution in [-0.4, -0.2) is 32.7 Å². The second kappa shape index (κ2) is 5.71. The van der Waals surface area contributed by atoms with E-state index >= 15 is 0 Å². The van der Waals surface area contributed by atoms with Gasteiger partial charge in [0.15, 0.2) is 0 Å². The normalized spacial score (nSPS) is 14.4. The highest BCUT2D eigenvalue weighted by Crippen LogP contribution is 2.29. The Labute approximate surface area is 115 Å². The molecule has 0 radical (unpaired) electrons. The van der Waals surface area contributed by atoms with Gasteiger partial charge in [0.05, 0.1) is 18.1 Å². The maximum atomic E-state index is 12.0. The van der Waals surface area contributed by atoms with Gasteiger partial charge in [0.1, 0.15) is 5.75 Å². The molecule has 0 bridgehead atoms. The van der Waals surface area contributed by atoms with Crippen molar-refractivity contribution in [1.29, 1.82) is 0 Å². The smallest absolute Gasteiger partial charge is 0.240 e. The van der Waals surface area contributed by atoms with E-state index in [2.05, 4.69) is 21.2 Å². The summed E-state index contributed by atoms with van der Waals surface area (Å²) >= 11 is 3.42. The number of carbonyl (C=O) groups excluding carboxylic acids is 1. The molecule has 1 amide bonds. The lowest BCUT2D eigenvalue weighted by atomic mass is 10.2. The third-order valence-electron chi connectivity index (χ3n) is 3.02. The fraction of sp³-hybridized carbons (Fsp3) is 0.462. The van der Waals surface area contributed by atoms with Crippen molar-refractivity contribution in [3.8, 4) is 5.75 Å². The first-order valence-electron chi connectivity index (χ1n) is 5.95. The molecule has 0 aromatic heterocycles. The Morgan fingerprint density at radius 3 is 2.83 bits per heavy atom. The van der Waals surface area contributed by atoms with Gasteiger partial charge in [0.25, 0.3) is 0 Å². The summed E-state index contributed by atoms with van der Waals surface area (Å²) in [5, 5.41) is 3.22. The average Bonchev–Trinajstić information content (AvgIpc) is 3.19. The van der Waals surface area contributed by atoms with Crippen LogP contribution in [0.25, 0.3) is 0 Å². The minimum atomic E-state index is 0.0685. The monoisotopic (exact) mass is 312 g/mol. The van der Waals surface area contributed by atoms with Crippen molar-refractivity contribution in [1.82, 2.24) is 5.32 Å². The van der Waals surface area contributed by atoms with E-state index in [0.29, 0.717) is 12.6 Å². The Bertz CT molecular complexity index is 447. The van der Waals surface area contributed by atoms with Gasteiger partial charge >= 0.3 is 0 Å². The van der Waals surface area contributed by atoms with Crippen LogP contribution in [0.1, 0.15) is 12.8 Å². The van der Waals surface area contributed by atoms with Crippen LogP contribution in [0.4, 0.5) is 5.69 Å². The molecule has 1 saturated carbocycles. The summed E-state index contributed by atoms with van der Waals surface area (Å²) in [5.74, 6) is 0.828. The van der Waals surface area contributed by atoms with Gasteiger partial charge in [-0.25, -0.2) is 0 Å². The van der Waals surface area contributed by atoms with Crippen LogP contribution in [0.5, 0.6) is 5.75 Å². The molecule has 1 aromatic carbocycles. The summed E-state index contributed by atoms with van der Waals surface area (Å²) in [6, 6.07) is 6.15. The highest BCUT2D eigenvalue weighted by Gasteiger charge is 2.22. The molecule has 1 aliphatic carbocycles. The topological polar surface area (TPSA) is 41.6 Å². The van der Waals surface area contributed by atoms with E-state index < -0.39 is 0 Å². The number of nitrogens with zero attached hydrogens (tertiary/aromatic N) is 1. The molecule has 1 aromatic rings. The number of likely N-dealkylation sites (N-methyl/N-ethyl adjacent to an activating group) is 1. The molecule has 0 aliphatic heterocycles. The zero-order chi connectivity index (χ0) is 13.1. The van der Waals surface area contributed by atoms with Gasteiger partial charge in [-0.15, -0.1) is 0 Å². The Hall–Kier alpha value is -1.07. The molecule has 98 valence electrons. The van der Waals surface area contributed by atoms with Crippen molar-refractivity contribution < 1.29 is 9.53 Å². The van der Waals surface area contributed by atoms with Crippen molar-refractivity contribution >= 4 is 27.5 Å². The minimum Gasteiger partial charge on any atom is -0.496 e. The fourth-order valence-electron chi connectivity index (χ4n) is 1.65. The molecule has 0 spiro atoms. The standard InChI is InChI=1S/C13H17BrN2O2/c1-16(13(17)8-15-9-3-4-9)10-5-6-12(18-2)11(14)7-10/h5-7,9,15H,3-4,8H2,1-2H3. The largest absolute Gasteiger partial charge is 0.496 e. The molecule has 0 unspecified atom stereocenters. The maximum absolute atomic E-state index is 12.0. The highest BCUT2D eigenvalue weighted by molar-refractivity contribution is 9.10. The van der Waals surface area contributed by atoms with E-state index in [1.165, 1.54) is 12.8 Å². The van der Waals surface area contributed by atoms with Gasteiger partial charge in [0, 0.05) is 18.8 Å². The first-order valence-corrected chi connectivity index (χ1v) is 6.74. The van der Waals surface area contributed by atoms with Crippen LogP contribution in [0.2, 0.25) is 0 Å². The number of anilines is 1. The molecular weight excluding hydrogens is 296 g/mol. The van der Waals surface area contributed by atoms with Crippen LogP contribution in [-0.2, 0) is 4.79 Å². The van der Waals surface area contributed by atoms with E-state index in [4.69, 9.17) is 4.74 Å². The fourth-order valence-corrected chi connectivity index (χ4v) is 2.17. The number of ether oxygens (including phenoxy) is 1. The lowest BCUT2D eigenvalue weighted by Gasteiger charge is -2.18. The Kier molecular flexibility index (Phi) is 4.24. The number of amides is 1. The van der Waals surface area contributed by atoms with E-state index in [0.717, 1.165) is 15.9 Å². The molecule has 0 saturated heterocycles. The third kappa shape index (κ3) is 3.23. The molecule has 0 heterocycles. The maximum Gasteiger partial charge on any atom is 0.240 e. The van der Waals surface area contributed by atoms with Crippen LogP contribution >= 0.6 is 15.9 Å². The van der Waals surface area contributed by atoms with Crippen LogP contribution in [0, 0.1) is 0 Å². The van der Waals surface area contributed by atoms with E-state index in [-0.39, 0.29) is 5.91 Å². The quantitative estimate of drug-likeness (QED) is 0.906. The van der Waals surface area contributed by atoms with Crippen LogP contribution in [0.3, 0.4) is 0 Å². The SMILES string of the molecule is COc1ccc(N(C)C(=O)CNC2CC2)cc1Br. The molecule has 5 heteroatoms. The lowest BCUT2D eigenvalue weighted by molar-refractivity contribution is -0.117. The van der Waals surface area contributed by atoms with Crippen LogP contribution in [0.15, 0.2) is 22.7 Å². The van der Waals surface area contributed by atoms with Gasteiger partial charge < -0.3 is 15.0 Å². The average molecular weight is 313 g/mol. The van der Waals surface area contributed by atoms with Crippen molar-refractivity contribution in [2.45, 2.75) is 18.9 Å². The zero-order valence-corrected chi connectivity index (χ0v) is 12.2. The lowest BCUT2D eigenvalue weighted by Crippen LogP contribution is -2.36. The Morgan fingerprint density at radius 1 is 1.56 bits per heavy atom. The summed E-state index contributed by atoms with van der Waals surface area (Å²) in [4.78, 5) is 13.6. The molecule has 18 heavy (non-hydrogen) atoms. The van der Waals surface area contributed by atoms with Gasteiger partial charge in [0.2, 0.25) is 5.91 Å². The summed E-state index contributed by atoms with van der Waals surface area (Å²) in [6.07, 6.45) is 2.37. The number of halogens is 1. The summed E-state index contributed by atoms with van der Waals surface area (Å²) in [5.41, 5.74) is 0.852. The minimum absolute atomic E-state index is 0.0685. The van der Waals surface area contributed by atoms with Crippen LogP contribution < -0.4 is 15.0 Å². The second-order valence-electron chi connectivity index (χ2n) is 4.43. The molecular formula is C13H17BrN2O2. The van der Waals surface area contributed by atoms with Gasteiger partial charge in [-0.3, -0.25) is 4.79 Å². The first-order chi connectivity index (χ1) is 8.61. The van der Waals surface area contributed by atoms with Gasteiger partial charge in [-0.05, 0) is 47.0 Å². The third-order valence-corrected chi connectivity index (χ3v) is 3.64.